The molecule has 2 aliphatic heterocycles. The smallest absolute Gasteiger partial charge is 0.190 e. The van der Waals surface area contributed by atoms with Crippen molar-refractivity contribution >= 4 is 5.78 Å². The minimum absolute atomic E-state index is 0.143. The zero-order valence-corrected chi connectivity index (χ0v) is 19.3. The average molecular weight is 413 g/mol. The summed E-state index contributed by atoms with van der Waals surface area (Å²) in [5, 5.41) is 0. The molecule has 4 aliphatic carbocycles. The zero-order chi connectivity index (χ0) is 20.7. The number of epoxide rings is 1. The van der Waals surface area contributed by atoms with Crippen LogP contribution in [-0.2, 0) is 14.3 Å². The van der Waals surface area contributed by atoms with Gasteiger partial charge in [0.15, 0.2) is 12.1 Å². The molecule has 166 valence electrons. The van der Waals surface area contributed by atoms with Gasteiger partial charge in [0.2, 0.25) is 0 Å². The molecule has 30 heavy (non-hydrogen) atoms. The second kappa shape index (κ2) is 6.67. The quantitative estimate of drug-likeness (QED) is 0.515. The highest BCUT2D eigenvalue weighted by atomic mass is 16.8. The second-order valence-electron chi connectivity index (χ2n) is 12.4. The molecule has 2 unspecified atom stereocenters. The molecular formula is C27H40O3. The maximum atomic E-state index is 12.1. The van der Waals surface area contributed by atoms with Crippen molar-refractivity contribution < 1.29 is 14.3 Å². The summed E-state index contributed by atoms with van der Waals surface area (Å²) >= 11 is 0. The predicted molar refractivity (Wildman–Crippen MR) is 117 cm³/mol. The first-order chi connectivity index (χ1) is 14.4. The number of hydrogen-bond acceptors (Lipinski definition) is 3. The third-order valence-corrected chi connectivity index (χ3v) is 11.2. The molecule has 0 amide bonds. The molecule has 6 rings (SSSR count). The van der Waals surface area contributed by atoms with E-state index in [1.165, 1.54) is 63.4 Å². The van der Waals surface area contributed by atoms with Gasteiger partial charge in [-0.1, -0.05) is 39.2 Å². The van der Waals surface area contributed by atoms with Gasteiger partial charge >= 0.3 is 0 Å². The van der Waals surface area contributed by atoms with Gasteiger partial charge in [0, 0.05) is 6.42 Å². The van der Waals surface area contributed by atoms with Gasteiger partial charge in [-0.05, 0) is 97.9 Å². The monoisotopic (exact) mass is 412 g/mol. The number of rotatable bonds is 5. The van der Waals surface area contributed by atoms with Crippen molar-refractivity contribution in [1.82, 2.24) is 0 Å². The van der Waals surface area contributed by atoms with Crippen molar-refractivity contribution in [3.05, 3.63) is 11.6 Å². The fourth-order valence-electron chi connectivity index (χ4n) is 9.29. The Morgan fingerprint density at radius 2 is 1.97 bits per heavy atom. The van der Waals surface area contributed by atoms with E-state index in [0.29, 0.717) is 16.6 Å². The van der Waals surface area contributed by atoms with E-state index in [1.54, 1.807) is 0 Å². The number of fused-ring (bicyclic) bond motifs is 6. The van der Waals surface area contributed by atoms with Crippen LogP contribution < -0.4 is 0 Å². The van der Waals surface area contributed by atoms with Crippen LogP contribution in [0.15, 0.2) is 11.6 Å². The number of carbonyl (C=O) groups is 1. The first-order valence-electron chi connectivity index (χ1n) is 12.9. The topological polar surface area (TPSA) is 38.8 Å². The molecule has 3 heteroatoms. The lowest BCUT2D eigenvalue weighted by atomic mass is 9.46. The maximum Gasteiger partial charge on any atom is 0.190 e. The number of ether oxygens (including phenoxy) is 2. The molecule has 5 fully saturated rings. The molecule has 0 aromatic heterocycles. The lowest BCUT2D eigenvalue weighted by molar-refractivity contribution is -0.117. The molecule has 0 bridgehead atoms. The van der Waals surface area contributed by atoms with Crippen LogP contribution in [0.5, 0.6) is 0 Å². The molecule has 6 aliphatic rings. The Morgan fingerprint density at radius 1 is 1.10 bits per heavy atom. The van der Waals surface area contributed by atoms with Crippen LogP contribution in [0.25, 0.3) is 0 Å². The lowest BCUT2D eigenvalue weighted by Crippen LogP contribution is -2.51. The van der Waals surface area contributed by atoms with Crippen LogP contribution in [-0.4, -0.2) is 24.3 Å². The normalized spacial score (nSPS) is 52.3. The highest BCUT2D eigenvalue weighted by Gasteiger charge is 2.65. The van der Waals surface area contributed by atoms with Crippen LogP contribution in [0.4, 0.5) is 0 Å². The summed E-state index contributed by atoms with van der Waals surface area (Å²) in [6.45, 7) is 8.55. The Hall–Kier alpha value is -0.670. The van der Waals surface area contributed by atoms with Gasteiger partial charge < -0.3 is 9.47 Å². The van der Waals surface area contributed by atoms with Crippen LogP contribution >= 0.6 is 0 Å². The van der Waals surface area contributed by atoms with E-state index in [4.69, 9.17) is 9.47 Å². The Kier molecular flexibility index (Phi) is 4.44. The molecule has 0 spiro atoms. The fraction of sp³-hybridized carbons (Fsp3) is 0.889. The van der Waals surface area contributed by atoms with Crippen molar-refractivity contribution in [2.45, 2.75) is 103 Å². The number of ketones is 1. The van der Waals surface area contributed by atoms with E-state index in [-0.39, 0.29) is 11.9 Å². The Bertz CT molecular complexity index is 768. The third kappa shape index (κ3) is 2.73. The largest absolute Gasteiger partial charge is 0.346 e. The fourth-order valence-corrected chi connectivity index (χ4v) is 9.29. The first kappa shape index (κ1) is 20.0. The standard InChI is InChI=1S/C27H40O3/c1-17(5-4-12-27-16-29-24(27)30-27)21-8-9-22-20-7-6-18-15-19(28)10-13-25(18,2)23(20)11-14-26(21,22)3/h15,17,20-24H,4-14,16H2,1-3H3/t17-,20+,21-,22+,23+,24?,25+,26-,27?/m1/s1. The Balaban J connectivity index is 1.14. The van der Waals surface area contributed by atoms with Crippen LogP contribution in [0.3, 0.4) is 0 Å². The maximum absolute atomic E-state index is 12.1. The van der Waals surface area contributed by atoms with Crippen LogP contribution in [0.2, 0.25) is 0 Å². The van der Waals surface area contributed by atoms with E-state index in [2.05, 4.69) is 20.8 Å². The van der Waals surface area contributed by atoms with E-state index < -0.39 is 0 Å². The van der Waals surface area contributed by atoms with E-state index in [9.17, 15) is 4.79 Å². The average Bonchev–Trinajstić information content (AvgIpc) is 3.05. The molecule has 3 saturated carbocycles. The summed E-state index contributed by atoms with van der Waals surface area (Å²) in [4.78, 5) is 12.1. The number of hydrogen-bond donors (Lipinski definition) is 0. The SMILES string of the molecule is C[C@H](CCCC12COC1O2)[C@H]1CC[C@H]2[C@@H]3CCC4=CC(=O)CC[C@]4(C)[C@H]3CC[C@]12C. The molecule has 0 radical (unpaired) electrons. The molecule has 2 saturated heterocycles. The summed E-state index contributed by atoms with van der Waals surface area (Å²) in [5.41, 5.74) is 2.50. The van der Waals surface area contributed by atoms with Crippen molar-refractivity contribution in [2.75, 3.05) is 6.61 Å². The van der Waals surface area contributed by atoms with Gasteiger partial charge in [0.25, 0.3) is 0 Å². The van der Waals surface area contributed by atoms with Crippen molar-refractivity contribution in [3.8, 4) is 0 Å². The summed E-state index contributed by atoms with van der Waals surface area (Å²) < 4.78 is 11.1. The zero-order valence-electron chi connectivity index (χ0n) is 19.3. The molecule has 0 N–H and O–H groups in total. The van der Waals surface area contributed by atoms with Gasteiger partial charge in [-0.25, -0.2) is 0 Å². The van der Waals surface area contributed by atoms with Crippen molar-refractivity contribution in [1.29, 1.82) is 0 Å². The summed E-state index contributed by atoms with van der Waals surface area (Å²) in [5.74, 6) is 4.73. The van der Waals surface area contributed by atoms with E-state index >= 15 is 0 Å². The van der Waals surface area contributed by atoms with Gasteiger partial charge in [0.05, 0.1) is 6.61 Å². The minimum atomic E-state index is 0.143. The van der Waals surface area contributed by atoms with Gasteiger partial charge in [-0.2, -0.15) is 0 Å². The van der Waals surface area contributed by atoms with E-state index in [1.807, 2.05) is 6.08 Å². The summed E-state index contributed by atoms with van der Waals surface area (Å²) in [6, 6.07) is 0. The number of carbonyl (C=O) groups excluding carboxylic acids is 1. The first-order valence-corrected chi connectivity index (χ1v) is 12.9. The van der Waals surface area contributed by atoms with Crippen LogP contribution in [0, 0.1) is 40.4 Å². The Morgan fingerprint density at radius 3 is 2.70 bits per heavy atom. The molecule has 3 nitrogen and oxygen atoms in total. The van der Waals surface area contributed by atoms with Gasteiger partial charge in [0.1, 0.15) is 5.60 Å². The highest BCUT2D eigenvalue weighted by molar-refractivity contribution is 5.91. The molecule has 0 aromatic carbocycles. The molecular weight excluding hydrogens is 372 g/mol. The van der Waals surface area contributed by atoms with Crippen molar-refractivity contribution in [2.24, 2.45) is 40.4 Å². The highest BCUT2D eigenvalue weighted by Crippen LogP contribution is 2.67. The second-order valence-corrected chi connectivity index (χ2v) is 12.4. The lowest BCUT2D eigenvalue weighted by Gasteiger charge is -2.58. The molecule has 0 aromatic rings. The summed E-state index contributed by atoms with van der Waals surface area (Å²) in [6.07, 6.45) is 16.1. The van der Waals surface area contributed by atoms with Crippen molar-refractivity contribution in [3.63, 3.8) is 0 Å². The van der Waals surface area contributed by atoms with Gasteiger partial charge in [-0.15, -0.1) is 0 Å². The minimum Gasteiger partial charge on any atom is -0.346 e. The predicted octanol–water partition coefficient (Wildman–Crippen LogP) is 6.07. The third-order valence-electron chi connectivity index (χ3n) is 11.2. The van der Waals surface area contributed by atoms with E-state index in [0.717, 1.165) is 49.0 Å². The van der Waals surface area contributed by atoms with Gasteiger partial charge in [-0.3, -0.25) is 4.79 Å². The Labute approximate surface area is 182 Å². The summed E-state index contributed by atoms with van der Waals surface area (Å²) in [7, 11) is 0. The molecule has 2 heterocycles. The molecule has 9 atom stereocenters. The number of allylic oxidation sites excluding steroid dienone is 1. The van der Waals surface area contributed by atoms with Crippen LogP contribution in [0.1, 0.15) is 91.4 Å².